The number of amides is 1. The Bertz CT molecular complexity index is 228. The first kappa shape index (κ1) is 14.4. The lowest BCUT2D eigenvalue weighted by molar-refractivity contribution is -0.123. The Kier molecular flexibility index (Phi) is 6.47. The molecule has 1 aliphatic heterocycles. The summed E-state index contributed by atoms with van der Waals surface area (Å²) in [4.78, 5) is 14.0. The van der Waals surface area contributed by atoms with Gasteiger partial charge in [0.2, 0.25) is 5.91 Å². The van der Waals surface area contributed by atoms with E-state index in [0.717, 1.165) is 26.2 Å². The van der Waals surface area contributed by atoms with Crippen molar-refractivity contribution in [3.63, 3.8) is 0 Å². The van der Waals surface area contributed by atoms with Gasteiger partial charge in [0.1, 0.15) is 0 Å². The van der Waals surface area contributed by atoms with Crippen molar-refractivity contribution in [2.45, 2.75) is 19.9 Å². The predicted octanol–water partition coefficient (Wildman–Crippen LogP) is -0.321. The first-order valence-electron chi connectivity index (χ1n) is 6.35. The van der Waals surface area contributed by atoms with Crippen molar-refractivity contribution in [1.82, 2.24) is 15.5 Å². The number of rotatable bonds is 6. The Balaban J connectivity index is 2.30. The van der Waals surface area contributed by atoms with E-state index in [-0.39, 0.29) is 11.9 Å². The van der Waals surface area contributed by atoms with Crippen molar-refractivity contribution in [2.75, 3.05) is 46.4 Å². The molecule has 0 aliphatic carbocycles. The minimum absolute atomic E-state index is 0.0997. The van der Waals surface area contributed by atoms with E-state index in [0.29, 0.717) is 19.1 Å². The smallest absolute Gasteiger partial charge is 0.234 e. The molecule has 1 heterocycles. The van der Waals surface area contributed by atoms with Gasteiger partial charge < -0.3 is 15.4 Å². The Morgan fingerprint density at radius 1 is 1.41 bits per heavy atom. The van der Waals surface area contributed by atoms with E-state index >= 15 is 0 Å². The monoisotopic (exact) mass is 243 g/mol. The van der Waals surface area contributed by atoms with Gasteiger partial charge in [0.05, 0.1) is 19.2 Å². The quantitative estimate of drug-likeness (QED) is 0.671. The summed E-state index contributed by atoms with van der Waals surface area (Å²) in [5, 5.41) is 6.31. The van der Waals surface area contributed by atoms with E-state index in [4.69, 9.17) is 4.74 Å². The van der Waals surface area contributed by atoms with Crippen LogP contribution in [0.2, 0.25) is 0 Å². The summed E-state index contributed by atoms with van der Waals surface area (Å²) < 4.78 is 5.12. The fourth-order valence-electron chi connectivity index (χ4n) is 1.91. The molecule has 1 amide bonds. The van der Waals surface area contributed by atoms with Crippen LogP contribution in [0.25, 0.3) is 0 Å². The third-order valence-corrected chi connectivity index (χ3v) is 3.07. The number of methoxy groups -OCH3 is 1. The van der Waals surface area contributed by atoms with Crippen LogP contribution in [0.15, 0.2) is 0 Å². The maximum Gasteiger partial charge on any atom is 0.234 e. The van der Waals surface area contributed by atoms with Crippen molar-refractivity contribution in [2.24, 2.45) is 5.92 Å². The van der Waals surface area contributed by atoms with Gasteiger partial charge in [-0.05, 0) is 5.92 Å². The highest BCUT2D eigenvalue weighted by Crippen LogP contribution is 2.02. The summed E-state index contributed by atoms with van der Waals surface area (Å²) in [6.07, 6.45) is 0. The highest BCUT2D eigenvalue weighted by atomic mass is 16.5. The van der Waals surface area contributed by atoms with Crippen LogP contribution < -0.4 is 10.6 Å². The van der Waals surface area contributed by atoms with Crippen LogP contribution in [-0.4, -0.2) is 63.3 Å². The zero-order valence-corrected chi connectivity index (χ0v) is 11.2. The van der Waals surface area contributed by atoms with E-state index < -0.39 is 0 Å². The lowest BCUT2D eigenvalue weighted by atomic mass is 10.1. The third-order valence-electron chi connectivity index (χ3n) is 3.07. The van der Waals surface area contributed by atoms with E-state index in [1.807, 2.05) is 0 Å². The van der Waals surface area contributed by atoms with Gasteiger partial charge in [0.15, 0.2) is 0 Å². The molecule has 1 saturated heterocycles. The Morgan fingerprint density at radius 2 is 2.06 bits per heavy atom. The second kappa shape index (κ2) is 7.63. The van der Waals surface area contributed by atoms with Gasteiger partial charge in [-0.2, -0.15) is 0 Å². The average molecular weight is 243 g/mol. The number of hydrogen-bond donors (Lipinski definition) is 2. The summed E-state index contributed by atoms with van der Waals surface area (Å²) in [5.74, 6) is 0.490. The number of ether oxygens (including phenoxy) is 1. The van der Waals surface area contributed by atoms with Gasteiger partial charge in [-0.15, -0.1) is 0 Å². The van der Waals surface area contributed by atoms with E-state index in [9.17, 15) is 4.79 Å². The summed E-state index contributed by atoms with van der Waals surface area (Å²) in [6, 6.07) is 0.107. The highest BCUT2D eigenvalue weighted by molar-refractivity contribution is 5.78. The van der Waals surface area contributed by atoms with Crippen LogP contribution in [0.5, 0.6) is 0 Å². The molecular weight excluding hydrogens is 218 g/mol. The van der Waals surface area contributed by atoms with Gasteiger partial charge in [-0.1, -0.05) is 13.8 Å². The molecule has 5 nitrogen and oxygen atoms in total. The zero-order chi connectivity index (χ0) is 12.7. The summed E-state index contributed by atoms with van der Waals surface area (Å²) in [6.45, 7) is 9.09. The highest BCUT2D eigenvalue weighted by Gasteiger charge is 2.18. The summed E-state index contributed by atoms with van der Waals surface area (Å²) >= 11 is 0. The average Bonchev–Trinajstić information content (AvgIpc) is 2.29. The normalized spacial score (nSPS) is 19.3. The molecule has 100 valence electrons. The van der Waals surface area contributed by atoms with Gasteiger partial charge >= 0.3 is 0 Å². The van der Waals surface area contributed by atoms with Crippen molar-refractivity contribution < 1.29 is 9.53 Å². The van der Waals surface area contributed by atoms with Crippen molar-refractivity contribution in [3.8, 4) is 0 Å². The van der Waals surface area contributed by atoms with Gasteiger partial charge in [0.25, 0.3) is 0 Å². The molecule has 0 spiro atoms. The Hall–Kier alpha value is -0.650. The maximum absolute atomic E-state index is 11.9. The lowest BCUT2D eigenvalue weighted by Gasteiger charge is -2.28. The Labute approximate surface area is 104 Å². The van der Waals surface area contributed by atoms with Crippen LogP contribution in [0, 0.1) is 5.92 Å². The van der Waals surface area contributed by atoms with Crippen LogP contribution in [0.3, 0.4) is 0 Å². The number of nitrogens with zero attached hydrogens (tertiary/aromatic N) is 1. The summed E-state index contributed by atoms with van der Waals surface area (Å²) in [5.41, 5.74) is 0. The second-order valence-corrected chi connectivity index (χ2v) is 4.90. The third kappa shape index (κ3) is 5.48. The molecule has 0 saturated carbocycles. The first-order valence-corrected chi connectivity index (χ1v) is 6.35. The lowest BCUT2D eigenvalue weighted by Crippen LogP contribution is -2.50. The van der Waals surface area contributed by atoms with Crippen LogP contribution >= 0.6 is 0 Å². The number of nitrogens with one attached hydrogen (secondary N) is 2. The molecule has 0 bridgehead atoms. The minimum Gasteiger partial charge on any atom is -0.383 e. The number of hydrogen-bond acceptors (Lipinski definition) is 4. The molecule has 1 atom stereocenters. The molecule has 1 fully saturated rings. The molecule has 2 N–H and O–H groups in total. The van der Waals surface area contributed by atoms with Crippen LogP contribution in [0.1, 0.15) is 13.8 Å². The van der Waals surface area contributed by atoms with Crippen molar-refractivity contribution in [1.29, 1.82) is 0 Å². The SMILES string of the molecule is COCC(NC(=O)CN1CCNCC1)C(C)C. The van der Waals surface area contributed by atoms with Crippen molar-refractivity contribution >= 4 is 5.91 Å². The van der Waals surface area contributed by atoms with Crippen LogP contribution in [0.4, 0.5) is 0 Å². The van der Waals surface area contributed by atoms with E-state index in [1.165, 1.54) is 0 Å². The Morgan fingerprint density at radius 3 is 2.59 bits per heavy atom. The largest absolute Gasteiger partial charge is 0.383 e. The van der Waals surface area contributed by atoms with E-state index in [2.05, 4.69) is 29.4 Å². The molecule has 17 heavy (non-hydrogen) atoms. The molecule has 0 radical (unpaired) electrons. The van der Waals surface area contributed by atoms with Gasteiger partial charge in [-0.25, -0.2) is 0 Å². The molecule has 1 unspecified atom stereocenters. The molecule has 0 aromatic rings. The molecular formula is C12H25N3O2. The number of carbonyl (C=O) groups is 1. The fourth-order valence-corrected chi connectivity index (χ4v) is 1.91. The second-order valence-electron chi connectivity index (χ2n) is 4.90. The number of carbonyl (C=O) groups excluding carboxylic acids is 1. The fraction of sp³-hybridized carbons (Fsp3) is 0.917. The summed E-state index contributed by atoms with van der Waals surface area (Å²) in [7, 11) is 1.66. The van der Waals surface area contributed by atoms with Crippen LogP contribution in [-0.2, 0) is 9.53 Å². The van der Waals surface area contributed by atoms with Crippen molar-refractivity contribution in [3.05, 3.63) is 0 Å². The molecule has 1 aliphatic rings. The van der Waals surface area contributed by atoms with Gasteiger partial charge in [0, 0.05) is 33.3 Å². The maximum atomic E-state index is 11.9. The molecule has 0 aromatic heterocycles. The van der Waals surface area contributed by atoms with Gasteiger partial charge in [-0.3, -0.25) is 9.69 Å². The molecule has 1 rings (SSSR count). The topological polar surface area (TPSA) is 53.6 Å². The predicted molar refractivity (Wildman–Crippen MR) is 68.0 cm³/mol. The standard InChI is InChI=1S/C12H25N3O2/c1-10(2)11(9-17-3)14-12(16)8-15-6-4-13-5-7-15/h10-11,13H,4-9H2,1-3H3,(H,14,16). The van der Waals surface area contributed by atoms with E-state index in [1.54, 1.807) is 7.11 Å². The zero-order valence-electron chi connectivity index (χ0n) is 11.2. The molecule has 0 aromatic carbocycles. The number of piperazine rings is 1. The minimum atomic E-state index is 0.0997. The molecule has 5 heteroatoms. The first-order chi connectivity index (χ1) is 8.13.